The van der Waals surface area contributed by atoms with Crippen LogP contribution in [0, 0.1) is 0 Å². The second-order valence-corrected chi connectivity index (χ2v) is 6.52. The van der Waals surface area contributed by atoms with Gasteiger partial charge in [-0.25, -0.2) is 0 Å². The molecule has 0 aliphatic rings. The van der Waals surface area contributed by atoms with Gasteiger partial charge in [0.1, 0.15) is 5.75 Å². The van der Waals surface area contributed by atoms with Crippen molar-refractivity contribution in [1.29, 1.82) is 0 Å². The first kappa shape index (κ1) is 19.2. The minimum absolute atomic E-state index is 0.0909. The lowest BCUT2D eigenvalue weighted by atomic mass is 10.1. The first-order valence-corrected chi connectivity index (χ1v) is 8.73. The summed E-state index contributed by atoms with van der Waals surface area (Å²) >= 11 is 5.47. The first-order chi connectivity index (χ1) is 11.9. The number of hydrogen-bond donors (Lipinski definition) is 2. The summed E-state index contributed by atoms with van der Waals surface area (Å²) < 4.78 is 5.27. The van der Waals surface area contributed by atoms with E-state index < -0.39 is 0 Å². The molecule has 2 rings (SSSR count). The Morgan fingerprint density at radius 3 is 2.68 bits per heavy atom. The molecule has 1 heterocycles. The minimum Gasteiger partial charge on any atom is -0.497 e. The summed E-state index contributed by atoms with van der Waals surface area (Å²) in [6, 6.07) is 7.52. The van der Waals surface area contributed by atoms with Gasteiger partial charge in [-0.3, -0.25) is 4.79 Å². The van der Waals surface area contributed by atoms with Crippen molar-refractivity contribution in [1.82, 2.24) is 20.1 Å². The Labute approximate surface area is 153 Å². The molecule has 0 saturated carbocycles. The van der Waals surface area contributed by atoms with Crippen molar-refractivity contribution in [2.24, 2.45) is 0 Å². The normalized spacial score (nSPS) is 10.9. The average molecular weight is 362 g/mol. The number of aromatic amines is 1. The first-order valence-electron chi connectivity index (χ1n) is 8.32. The Kier molecular flexibility index (Phi) is 6.78. The number of methoxy groups -OCH3 is 1. The summed E-state index contributed by atoms with van der Waals surface area (Å²) in [4.78, 5) is 19.5. The van der Waals surface area contributed by atoms with E-state index in [4.69, 9.17) is 17.0 Å². The molecule has 0 atom stereocenters. The number of pyridine rings is 1. The van der Waals surface area contributed by atoms with Crippen molar-refractivity contribution >= 4 is 28.2 Å². The molecule has 0 unspecified atom stereocenters. The highest BCUT2D eigenvalue weighted by molar-refractivity contribution is 7.80. The van der Waals surface area contributed by atoms with Gasteiger partial charge in [0.05, 0.1) is 13.7 Å². The molecule has 136 valence electrons. The van der Waals surface area contributed by atoms with Gasteiger partial charge in [-0.15, -0.1) is 0 Å². The smallest absolute Gasteiger partial charge is 0.253 e. The second-order valence-electron chi connectivity index (χ2n) is 6.14. The third-order valence-corrected chi connectivity index (χ3v) is 4.32. The molecular weight excluding hydrogens is 336 g/mol. The molecule has 7 heteroatoms. The number of likely N-dealkylation sites (N-methyl/N-ethyl adjacent to an activating group) is 1. The van der Waals surface area contributed by atoms with E-state index >= 15 is 0 Å². The maximum Gasteiger partial charge on any atom is 0.253 e. The third kappa shape index (κ3) is 5.17. The fraction of sp³-hybridized carbons (Fsp3) is 0.444. The zero-order valence-electron chi connectivity index (χ0n) is 15.3. The predicted molar refractivity (Wildman–Crippen MR) is 106 cm³/mol. The summed E-state index contributed by atoms with van der Waals surface area (Å²) in [5, 5.41) is 4.77. The van der Waals surface area contributed by atoms with Crippen LogP contribution >= 0.6 is 12.2 Å². The maximum atomic E-state index is 12.5. The molecule has 1 aromatic heterocycles. The Bertz CT molecular complexity index is 788. The summed E-state index contributed by atoms with van der Waals surface area (Å²) in [7, 11) is 5.67. The Hall–Kier alpha value is -2.12. The van der Waals surface area contributed by atoms with Gasteiger partial charge in [0.25, 0.3) is 5.56 Å². The van der Waals surface area contributed by atoms with Crippen molar-refractivity contribution in [2.45, 2.75) is 13.5 Å². The van der Waals surface area contributed by atoms with Gasteiger partial charge in [0, 0.05) is 36.1 Å². The molecule has 0 spiro atoms. The zero-order valence-corrected chi connectivity index (χ0v) is 16.1. The van der Waals surface area contributed by atoms with Gasteiger partial charge in [0.15, 0.2) is 5.11 Å². The van der Waals surface area contributed by atoms with Crippen LogP contribution in [-0.2, 0) is 6.54 Å². The van der Waals surface area contributed by atoms with E-state index in [2.05, 4.69) is 15.2 Å². The Morgan fingerprint density at radius 2 is 2.04 bits per heavy atom. The number of fused-ring (bicyclic) bond motifs is 1. The third-order valence-electron chi connectivity index (χ3n) is 3.92. The minimum atomic E-state index is -0.0909. The number of hydrogen-bond acceptors (Lipinski definition) is 4. The summed E-state index contributed by atoms with van der Waals surface area (Å²) in [6.45, 7) is 4.82. The van der Waals surface area contributed by atoms with Crippen molar-refractivity contribution in [2.75, 3.05) is 40.8 Å². The lowest BCUT2D eigenvalue weighted by molar-refractivity contribution is 0.322. The number of nitrogens with zero attached hydrogens (tertiary/aromatic N) is 2. The van der Waals surface area contributed by atoms with Gasteiger partial charge in [-0.05, 0) is 57.5 Å². The largest absolute Gasteiger partial charge is 0.497 e. The van der Waals surface area contributed by atoms with Crippen molar-refractivity contribution in [3.63, 3.8) is 0 Å². The number of nitrogens with one attached hydrogen (secondary N) is 2. The van der Waals surface area contributed by atoms with Crippen LogP contribution in [-0.4, -0.2) is 60.7 Å². The van der Waals surface area contributed by atoms with Crippen molar-refractivity contribution in [3.8, 4) is 5.75 Å². The predicted octanol–water partition coefficient (Wildman–Crippen LogP) is 1.79. The quantitative estimate of drug-likeness (QED) is 0.733. The highest BCUT2D eigenvalue weighted by Gasteiger charge is 2.13. The molecule has 0 aliphatic carbocycles. The molecule has 2 N–H and O–H groups in total. The standard InChI is InChI=1S/C18H26N4O2S/c1-5-19-18(25)22(9-8-21(2)3)12-14-10-13-11-15(24-4)6-7-16(13)20-17(14)23/h6-7,10-11H,5,8-9,12H2,1-4H3,(H,19,25)(H,20,23). The molecule has 0 amide bonds. The number of ether oxygens (including phenoxy) is 1. The second kappa shape index (κ2) is 8.82. The number of H-pyrrole nitrogens is 1. The van der Waals surface area contributed by atoms with E-state index in [1.54, 1.807) is 7.11 Å². The van der Waals surface area contributed by atoms with Crippen LogP contribution in [0.5, 0.6) is 5.75 Å². The number of benzene rings is 1. The molecule has 0 bridgehead atoms. The topological polar surface area (TPSA) is 60.6 Å². The fourth-order valence-electron chi connectivity index (χ4n) is 2.52. The number of rotatable bonds is 7. The Morgan fingerprint density at radius 1 is 1.28 bits per heavy atom. The maximum absolute atomic E-state index is 12.5. The zero-order chi connectivity index (χ0) is 18.4. The van der Waals surface area contributed by atoms with E-state index in [0.29, 0.717) is 17.2 Å². The van der Waals surface area contributed by atoms with Gasteiger partial charge in [-0.2, -0.15) is 0 Å². The molecule has 0 radical (unpaired) electrons. The van der Waals surface area contributed by atoms with Gasteiger partial charge in [-0.1, -0.05) is 0 Å². The Balaban J connectivity index is 2.31. The van der Waals surface area contributed by atoms with E-state index in [1.165, 1.54) is 0 Å². The molecule has 0 aliphatic heterocycles. The van der Waals surface area contributed by atoms with Gasteiger partial charge in [0.2, 0.25) is 0 Å². The highest BCUT2D eigenvalue weighted by atomic mass is 32.1. The number of thiocarbonyl (C=S) groups is 1. The van der Waals surface area contributed by atoms with Crippen LogP contribution in [0.1, 0.15) is 12.5 Å². The summed E-state index contributed by atoms with van der Waals surface area (Å²) in [5.41, 5.74) is 1.38. The van der Waals surface area contributed by atoms with Crippen LogP contribution in [0.25, 0.3) is 10.9 Å². The van der Waals surface area contributed by atoms with E-state index in [0.717, 1.165) is 36.3 Å². The lowest BCUT2D eigenvalue weighted by Gasteiger charge is -2.27. The van der Waals surface area contributed by atoms with E-state index in [-0.39, 0.29) is 5.56 Å². The van der Waals surface area contributed by atoms with Crippen LogP contribution < -0.4 is 15.6 Å². The number of aromatic nitrogens is 1. The van der Waals surface area contributed by atoms with Crippen molar-refractivity contribution in [3.05, 3.63) is 40.2 Å². The molecule has 6 nitrogen and oxygen atoms in total. The van der Waals surface area contributed by atoms with Gasteiger partial charge < -0.3 is 24.8 Å². The molecule has 0 saturated heterocycles. The molecule has 0 fully saturated rings. The van der Waals surface area contributed by atoms with Crippen LogP contribution in [0.15, 0.2) is 29.1 Å². The van der Waals surface area contributed by atoms with Crippen molar-refractivity contribution < 1.29 is 4.74 Å². The molecule has 25 heavy (non-hydrogen) atoms. The van der Waals surface area contributed by atoms with Crippen LogP contribution in [0.3, 0.4) is 0 Å². The van der Waals surface area contributed by atoms with Crippen LogP contribution in [0.4, 0.5) is 0 Å². The SMILES string of the molecule is CCNC(=S)N(CCN(C)C)Cc1cc2cc(OC)ccc2[nH]c1=O. The fourth-order valence-corrected chi connectivity index (χ4v) is 2.82. The molecule has 2 aromatic rings. The monoisotopic (exact) mass is 362 g/mol. The summed E-state index contributed by atoms with van der Waals surface area (Å²) in [5.74, 6) is 0.762. The highest BCUT2D eigenvalue weighted by Crippen LogP contribution is 2.19. The van der Waals surface area contributed by atoms with E-state index in [9.17, 15) is 4.79 Å². The average Bonchev–Trinajstić information content (AvgIpc) is 2.58. The van der Waals surface area contributed by atoms with Gasteiger partial charge >= 0.3 is 0 Å². The van der Waals surface area contributed by atoms with E-state index in [1.807, 2.05) is 50.2 Å². The molecule has 1 aromatic carbocycles. The summed E-state index contributed by atoms with van der Waals surface area (Å²) in [6.07, 6.45) is 0. The lowest BCUT2D eigenvalue weighted by Crippen LogP contribution is -2.43. The molecular formula is C18H26N4O2S. The van der Waals surface area contributed by atoms with Crippen LogP contribution in [0.2, 0.25) is 0 Å².